The smallest absolute Gasteiger partial charge is 0.331 e. The van der Waals surface area contributed by atoms with Crippen molar-refractivity contribution < 1.29 is 23.7 Å². The minimum atomic E-state index is -0.445. The van der Waals surface area contributed by atoms with E-state index in [4.69, 9.17) is 18.9 Å². The van der Waals surface area contributed by atoms with E-state index in [0.717, 1.165) is 5.56 Å². The van der Waals surface area contributed by atoms with Gasteiger partial charge in [0.15, 0.2) is 11.5 Å². The van der Waals surface area contributed by atoms with Crippen molar-refractivity contribution in [1.29, 1.82) is 0 Å². The maximum atomic E-state index is 11.9. The van der Waals surface area contributed by atoms with Crippen molar-refractivity contribution in [2.75, 3.05) is 27.9 Å². The molecule has 2 aromatic carbocycles. The number of rotatable bonds is 8. The van der Waals surface area contributed by atoms with Gasteiger partial charge in [0, 0.05) is 17.7 Å². The summed E-state index contributed by atoms with van der Waals surface area (Å²) < 4.78 is 21.0. The second-order valence-electron chi connectivity index (χ2n) is 5.23. The van der Waals surface area contributed by atoms with Crippen molar-refractivity contribution in [1.82, 2.24) is 0 Å². The van der Waals surface area contributed by atoms with Crippen molar-refractivity contribution in [3.05, 3.63) is 65.7 Å². The molecule has 0 aliphatic rings. The predicted octanol–water partition coefficient (Wildman–Crippen LogP) is 3.98. The van der Waals surface area contributed by atoms with E-state index in [2.05, 4.69) is 0 Å². The topological polar surface area (TPSA) is 54.0 Å². The van der Waals surface area contributed by atoms with Crippen LogP contribution in [0.4, 0.5) is 0 Å². The highest BCUT2D eigenvalue weighted by atomic mass is 16.5. The molecule has 0 saturated heterocycles. The van der Waals surface area contributed by atoms with Crippen molar-refractivity contribution in [3.63, 3.8) is 0 Å². The molecule has 2 rings (SSSR count). The number of benzene rings is 2. The Labute approximate surface area is 153 Å². The Kier molecular flexibility index (Phi) is 7.31. The van der Waals surface area contributed by atoms with Crippen molar-refractivity contribution in [2.45, 2.75) is 0 Å². The van der Waals surface area contributed by atoms with Crippen LogP contribution in [-0.4, -0.2) is 33.9 Å². The lowest BCUT2D eigenvalue weighted by molar-refractivity contribution is -0.136. The van der Waals surface area contributed by atoms with Crippen molar-refractivity contribution >= 4 is 18.1 Å². The summed E-state index contributed by atoms with van der Waals surface area (Å²) in [7, 11) is 4.64. The monoisotopic (exact) mass is 354 g/mol. The molecule has 26 heavy (non-hydrogen) atoms. The van der Waals surface area contributed by atoms with Gasteiger partial charge >= 0.3 is 5.97 Å². The molecule has 0 atom stereocenters. The molecule has 0 fully saturated rings. The molecular formula is C21H22O5. The third-order valence-electron chi connectivity index (χ3n) is 3.57. The maximum Gasteiger partial charge on any atom is 0.331 e. The summed E-state index contributed by atoms with van der Waals surface area (Å²) in [5.41, 5.74) is 1.73. The van der Waals surface area contributed by atoms with Crippen LogP contribution in [0.1, 0.15) is 11.1 Å². The lowest BCUT2D eigenvalue weighted by Gasteiger charge is -2.12. The van der Waals surface area contributed by atoms with Crippen LogP contribution < -0.4 is 14.2 Å². The number of esters is 1. The van der Waals surface area contributed by atoms with E-state index >= 15 is 0 Å². The third-order valence-corrected chi connectivity index (χ3v) is 3.57. The van der Waals surface area contributed by atoms with Gasteiger partial charge in [-0.2, -0.15) is 0 Å². The van der Waals surface area contributed by atoms with E-state index in [0.29, 0.717) is 22.8 Å². The van der Waals surface area contributed by atoms with E-state index in [-0.39, 0.29) is 6.61 Å². The zero-order valence-corrected chi connectivity index (χ0v) is 15.1. The number of hydrogen-bond donors (Lipinski definition) is 0. The molecule has 0 radical (unpaired) electrons. The molecule has 0 amide bonds. The normalized spacial score (nSPS) is 10.9. The van der Waals surface area contributed by atoms with Crippen LogP contribution in [-0.2, 0) is 9.53 Å². The van der Waals surface area contributed by atoms with Crippen LogP contribution in [0.25, 0.3) is 12.2 Å². The molecule has 5 heteroatoms. The van der Waals surface area contributed by atoms with Gasteiger partial charge in [0.05, 0.1) is 21.3 Å². The first-order valence-corrected chi connectivity index (χ1v) is 8.04. The number of carbonyl (C=O) groups excluding carboxylic acids is 1. The van der Waals surface area contributed by atoms with Gasteiger partial charge < -0.3 is 18.9 Å². The second kappa shape index (κ2) is 9.93. The van der Waals surface area contributed by atoms with Crippen LogP contribution in [0, 0.1) is 0 Å². The fraction of sp³-hybridized carbons (Fsp3) is 0.190. The van der Waals surface area contributed by atoms with E-state index in [1.54, 1.807) is 45.6 Å². The molecule has 0 aliphatic heterocycles. The average molecular weight is 354 g/mol. The Bertz CT molecular complexity index is 778. The highest BCUT2D eigenvalue weighted by Gasteiger charge is 2.10. The summed E-state index contributed by atoms with van der Waals surface area (Å²) in [4.78, 5) is 11.9. The van der Waals surface area contributed by atoms with Crippen molar-refractivity contribution in [3.8, 4) is 17.2 Å². The van der Waals surface area contributed by atoms with E-state index < -0.39 is 5.97 Å². The Morgan fingerprint density at radius 2 is 1.54 bits per heavy atom. The maximum absolute atomic E-state index is 11.9. The molecule has 0 unspecified atom stereocenters. The van der Waals surface area contributed by atoms with Gasteiger partial charge in [-0.15, -0.1) is 0 Å². The van der Waals surface area contributed by atoms with Crippen molar-refractivity contribution in [2.24, 2.45) is 0 Å². The van der Waals surface area contributed by atoms with Crippen LogP contribution in [0.15, 0.2) is 54.6 Å². The van der Waals surface area contributed by atoms with Gasteiger partial charge in [-0.3, -0.25) is 0 Å². The zero-order chi connectivity index (χ0) is 18.8. The Morgan fingerprint density at radius 1 is 0.885 bits per heavy atom. The summed E-state index contributed by atoms with van der Waals surface area (Å²) >= 11 is 0. The SMILES string of the molecule is COc1cc(OC)c(OC)cc1/C=C/C(=O)OC/C=C/c1ccccc1. The molecule has 136 valence electrons. The Balaban J connectivity index is 1.97. The van der Waals surface area contributed by atoms with Gasteiger partial charge in [-0.1, -0.05) is 36.4 Å². The van der Waals surface area contributed by atoms with Crippen LogP contribution in [0.5, 0.6) is 17.2 Å². The van der Waals surface area contributed by atoms with E-state index in [1.807, 2.05) is 36.4 Å². The molecule has 2 aromatic rings. The fourth-order valence-corrected chi connectivity index (χ4v) is 2.27. The molecule has 0 N–H and O–H groups in total. The lowest BCUT2D eigenvalue weighted by Crippen LogP contribution is -2.00. The summed E-state index contributed by atoms with van der Waals surface area (Å²) in [6, 6.07) is 13.2. The summed E-state index contributed by atoms with van der Waals surface area (Å²) in [5, 5.41) is 0. The van der Waals surface area contributed by atoms with E-state index in [1.165, 1.54) is 6.08 Å². The van der Waals surface area contributed by atoms with Gasteiger partial charge in [0.25, 0.3) is 0 Å². The number of methoxy groups -OCH3 is 3. The fourth-order valence-electron chi connectivity index (χ4n) is 2.27. The molecule has 0 heterocycles. The first-order valence-electron chi connectivity index (χ1n) is 8.04. The second-order valence-corrected chi connectivity index (χ2v) is 5.23. The highest BCUT2D eigenvalue weighted by Crippen LogP contribution is 2.35. The zero-order valence-electron chi connectivity index (χ0n) is 15.1. The largest absolute Gasteiger partial charge is 0.496 e. The molecular weight excluding hydrogens is 332 g/mol. The molecule has 5 nitrogen and oxygen atoms in total. The molecule has 0 spiro atoms. The summed E-state index contributed by atoms with van der Waals surface area (Å²) in [5.74, 6) is 1.22. The van der Waals surface area contributed by atoms with Gasteiger partial charge in [-0.25, -0.2) is 4.79 Å². The first kappa shape index (κ1) is 19.1. The average Bonchev–Trinajstić information content (AvgIpc) is 2.69. The highest BCUT2D eigenvalue weighted by molar-refractivity contribution is 5.88. The van der Waals surface area contributed by atoms with Gasteiger partial charge in [0.1, 0.15) is 12.4 Å². The van der Waals surface area contributed by atoms with Gasteiger partial charge in [0.2, 0.25) is 0 Å². The minimum absolute atomic E-state index is 0.196. The molecule has 0 aromatic heterocycles. The Morgan fingerprint density at radius 3 is 2.19 bits per heavy atom. The van der Waals surface area contributed by atoms with Crippen LogP contribution in [0.3, 0.4) is 0 Å². The standard InChI is InChI=1S/C21H22O5/c1-23-18-15-20(25-3)19(24-2)14-17(18)11-12-21(22)26-13-7-10-16-8-5-4-6-9-16/h4-12,14-15H,13H2,1-3H3/b10-7+,12-11+. The number of ether oxygens (including phenoxy) is 4. The number of hydrogen-bond acceptors (Lipinski definition) is 5. The molecule has 0 bridgehead atoms. The van der Waals surface area contributed by atoms with Crippen LogP contribution >= 0.6 is 0 Å². The first-order chi connectivity index (χ1) is 12.7. The summed E-state index contributed by atoms with van der Waals surface area (Å²) in [6.45, 7) is 0.196. The Hall–Kier alpha value is -3.21. The quantitative estimate of drug-likeness (QED) is 0.530. The van der Waals surface area contributed by atoms with Gasteiger partial charge in [-0.05, 0) is 23.8 Å². The minimum Gasteiger partial charge on any atom is -0.496 e. The molecule has 0 aliphatic carbocycles. The third kappa shape index (κ3) is 5.41. The molecule has 0 saturated carbocycles. The summed E-state index contributed by atoms with van der Waals surface area (Å²) in [6.07, 6.45) is 6.65. The number of carbonyl (C=O) groups is 1. The van der Waals surface area contributed by atoms with E-state index in [9.17, 15) is 4.79 Å². The lowest BCUT2D eigenvalue weighted by atomic mass is 10.1. The predicted molar refractivity (Wildman–Crippen MR) is 102 cm³/mol. The van der Waals surface area contributed by atoms with Crippen LogP contribution in [0.2, 0.25) is 0 Å².